The second-order valence-electron chi connectivity index (χ2n) is 5.89. The lowest BCUT2D eigenvalue weighted by atomic mass is 9.92. The van der Waals surface area contributed by atoms with Gasteiger partial charge in [-0.25, -0.2) is 8.42 Å². The molecule has 0 spiro atoms. The van der Waals surface area contributed by atoms with Gasteiger partial charge in [0.25, 0.3) is 0 Å². The third-order valence-corrected chi connectivity index (χ3v) is 5.17. The zero-order valence-corrected chi connectivity index (χ0v) is 13.3. The molecule has 0 saturated carbocycles. The molecule has 0 aliphatic carbocycles. The van der Waals surface area contributed by atoms with Gasteiger partial charge in [-0.1, -0.05) is 0 Å². The molecule has 1 saturated heterocycles. The Morgan fingerprint density at radius 2 is 1.95 bits per heavy atom. The molecule has 0 bridgehead atoms. The highest BCUT2D eigenvalue weighted by molar-refractivity contribution is 7.90. The summed E-state index contributed by atoms with van der Waals surface area (Å²) >= 11 is 0. The molecule has 5 heteroatoms. The summed E-state index contributed by atoms with van der Waals surface area (Å²) in [6.45, 7) is 4.51. The molecule has 1 aromatic rings. The molecule has 20 heavy (non-hydrogen) atoms. The minimum Gasteiger partial charge on any atom is -0.382 e. The van der Waals surface area contributed by atoms with Crippen LogP contribution in [0.25, 0.3) is 0 Å². The third-order valence-electron chi connectivity index (χ3n) is 4.04. The van der Waals surface area contributed by atoms with Gasteiger partial charge in [-0.3, -0.25) is 0 Å². The molecule has 1 aliphatic heterocycles. The summed E-state index contributed by atoms with van der Waals surface area (Å²) in [7, 11) is -0.944. The largest absolute Gasteiger partial charge is 0.382 e. The second kappa shape index (κ2) is 6.14. The smallest absolute Gasteiger partial charge is 0.175 e. The maximum atomic E-state index is 11.4. The minimum absolute atomic E-state index is 0.369. The molecule has 1 heterocycles. The van der Waals surface area contributed by atoms with E-state index in [1.54, 1.807) is 12.1 Å². The molecule has 1 aromatic carbocycles. The standard InChI is InChI=1S/C15H24N2O2S/c1-12(13-5-4-10-17(2)11-13)16-14-6-8-15(9-7-14)20(3,18)19/h6-9,12-13,16H,4-5,10-11H2,1-3H3. The van der Waals surface area contributed by atoms with Crippen molar-refractivity contribution in [1.29, 1.82) is 0 Å². The third kappa shape index (κ3) is 3.96. The van der Waals surface area contributed by atoms with E-state index in [0.29, 0.717) is 16.9 Å². The van der Waals surface area contributed by atoms with Crippen molar-refractivity contribution in [3.05, 3.63) is 24.3 Å². The van der Waals surface area contributed by atoms with Crippen LogP contribution in [0, 0.1) is 5.92 Å². The van der Waals surface area contributed by atoms with Gasteiger partial charge in [0.1, 0.15) is 0 Å². The van der Waals surface area contributed by atoms with Crippen LogP contribution in [0.1, 0.15) is 19.8 Å². The van der Waals surface area contributed by atoms with Gasteiger partial charge in [0.15, 0.2) is 9.84 Å². The van der Waals surface area contributed by atoms with Crippen LogP contribution < -0.4 is 5.32 Å². The monoisotopic (exact) mass is 296 g/mol. The highest BCUT2D eigenvalue weighted by Crippen LogP contribution is 2.22. The van der Waals surface area contributed by atoms with Gasteiger partial charge in [-0.15, -0.1) is 0 Å². The number of nitrogens with zero attached hydrogens (tertiary/aromatic N) is 1. The molecular formula is C15H24N2O2S. The topological polar surface area (TPSA) is 49.4 Å². The summed E-state index contributed by atoms with van der Waals surface area (Å²) in [5.74, 6) is 0.642. The van der Waals surface area contributed by atoms with Crippen LogP contribution in [0.4, 0.5) is 5.69 Å². The predicted molar refractivity (Wildman–Crippen MR) is 82.9 cm³/mol. The van der Waals surface area contributed by atoms with E-state index in [-0.39, 0.29) is 0 Å². The maximum absolute atomic E-state index is 11.4. The fourth-order valence-corrected chi connectivity index (χ4v) is 3.42. The van der Waals surface area contributed by atoms with E-state index in [1.807, 2.05) is 12.1 Å². The lowest BCUT2D eigenvalue weighted by molar-refractivity contribution is 0.197. The second-order valence-corrected chi connectivity index (χ2v) is 7.91. The zero-order chi connectivity index (χ0) is 14.8. The van der Waals surface area contributed by atoms with Crippen molar-refractivity contribution >= 4 is 15.5 Å². The molecule has 0 amide bonds. The van der Waals surface area contributed by atoms with E-state index in [2.05, 4.69) is 24.2 Å². The maximum Gasteiger partial charge on any atom is 0.175 e. The summed E-state index contributed by atoms with van der Waals surface area (Å²) in [5, 5.41) is 3.49. The first-order chi connectivity index (χ1) is 9.36. The van der Waals surface area contributed by atoms with Gasteiger partial charge in [0, 0.05) is 24.5 Å². The molecule has 2 unspecified atom stereocenters. The highest BCUT2D eigenvalue weighted by Gasteiger charge is 2.22. The van der Waals surface area contributed by atoms with Gasteiger partial charge < -0.3 is 10.2 Å². The van der Waals surface area contributed by atoms with Crippen molar-refractivity contribution < 1.29 is 8.42 Å². The van der Waals surface area contributed by atoms with Crippen molar-refractivity contribution in [2.45, 2.75) is 30.7 Å². The van der Waals surface area contributed by atoms with Crippen LogP contribution in [-0.2, 0) is 9.84 Å². The first kappa shape index (κ1) is 15.3. The van der Waals surface area contributed by atoms with Crippen molar-refractivity contribution in [1.82, 2.24) is 4.90 Å². The Kier molecular flexibility index (Phi) is 4.70. The average molecular weight is 296 g/mol. The van der Waals surface area contributed by atoms with E-state index >= 15 is 0 Å². The predicted octanol–water partition coefficient (Wildman–Crippen LogP) is 2.23. The van der Waals surface area contributed by atoms with Crippen LogP contribution in [0.15, 0.2) is 29.2 Å². The fraction of sp³-hybridized carbons (Fsp3) is 0.600. The molecule has 2 atom stereocenters. The Morgan fingerprint density at radius 3 is 2.50 bits per heavy atom. The minimum atomic E-state index is -3.11. The number of sulfone groups is 1. The Morgan fingerprint density at radius 1 is 1.30 bits per heavy atom. The number of benzene rings is 1. The molecular weight excluding hydrogens is 272 g/mol. The normalized spacial score (nSPS) is 22.4. The van der Waals surface area contributed by atoms with E-state index in [1.165, 1.54) is 25.6 Å². The van der Waals surface area contributed by atoms with Crippen molar-refractivity contribution in [2.24, 2.45) is 5.92 Å². The molecule has 0 aromatic heterocycles. The van der Waals surface area contributed by atoms with Crippen molar-refractivity contribution in [3.63, 3.8) is 0 Å². The lowest BCUT2D eigenvalue weighted by Gasteiger charge is -2.34. The van der Waals surface area contributed by atoms with Gasteiger partial charge in [0.05, 0.1) is 4.90 Å². The zero-order valence-electron chi connectivity index (χ0n) is 12.5. The Hall–Kier alpha value is -1.07. The lowest BCUT2D eigenvalue weighted by Crippen LogP contribution is -2.39. The summed E-state index contributed by atoms with van der Waals surface area (Å²) in [4.78, 5) is 2.74. The highest BCUT2D eigenvalue weighted by atomic mass is 32.2. The van der Waals surface area contributed by atoms with Crippen LogP contribution in [0.2, 0.25) is 0 Å². The molecule has 2 rings (SSSR count). The van der Waals surface area contributed by atoms with Gasteiger partial charge in [-0.2, -0.15) is 0 Å². The van der Waals surface area contributed by atoms with Crippen LogP contribution in [-0.4, -0.2) is 45.8 Å². The fourth-order valence-electron chi connectivity index (χ4n) is 2.79. The van der Waals surface area contributed by atoms with E-state index in [9.17, 15) is 8.42 Å². The quantitative estimate of drug-likeness (QED) is 0.925. The van der Waals surface area contributed by atoms with Crippen molar-refractivity contribution in [3.8, 4) is 0 Å². The van der Waals surface area contributed by atoms with E-state index < -0.39 is 9.84 Å². The number of hydrogen-bond donors (Lipinski definition) is 1. The number of anilines is 1. The molecule has 112 valence electrons. The summed E-state index contributed by atoms with van der Waals surface area (Å²) in [5.41, 5.74) is 0.984. The molecule has 0 radical (unpaired) electrons. The summed E-state index contributed by atoms with van der Waals surface area (Å²) in [6.07, 6.45) is 3.73. The SMILES string of the molecule is CC(Nc1ccc(S(C)(=O)=O)cc1)C1CCCN(C)C1. The van der Waals surface area contributed by atoms with E-state index in [0.717, 1.165) is 12.2 Å². The van der Waals surface area contributed by atoms with Crippen LogP contribution >= 0.6 is 0 Å². The molecule has 4 nitrogen and oxygen atoms in total. The Balaban J connectivity index is 1.99. The van der Waals surface area contributed by atoms with Crippen molar-refractivity contribution in [2.75, 3.05) is 31.7 Å². The first-order valence-electron chi connectivity index (χ1n) is 7.11. The Labute approximate surface area is 122 Å². The summed E-state index contributed by atoms with van der Waals surface area (Å²) < 4.78 is 22.8. The van der Waals surface area contributed by atoms with Gasteiger partial charge in [0.2, 0.25) is 0 Å². The molecule has 1 N–H and O–H groups in total. The average Bonchev–Trinajstić information content (AvgIpc) is 2.38. The number of piperidine rings is 1. The summed E-state index contributed by atoms with van der Waals surface area (Å²) in [6, 6.07) is 7.41. The number of likely N-dealkylation sites (tertiary alicyclic amines) is 1. The number of hydrogen-bond acceptors (Lipinski definition) is 4. The molecule has 1 aliphatic rings. The van der Waals surface area contributed by atoms with Gasteiger partial charge in [-0.05, 0) is 63.5 Å². The first-order valence-corrected chi connectivity index (χ1v) is 9.00. The number of rotatable bonds is 4. The molecule has 1 fully saturated rings. The van der Waals surface area contributed by atoms with Crippen LogP contribution in [0.5, 0.6) is 0 Å². The van der Waals surface area contributed by atoms with Gasteiger partial charge >= 0.3 is 0 Å². The number of nitrogens with one attached hydrogen (secondary N) is 1. The van der Waals surface area contributed by atoms with E-state index in [4.69, 9.17) is 0 Å². The van der Waals surface area contributed by atoms with Crippen LogP contribution in [0.3, 0.4) is 0 Å². The Bertz CT molecular complexity index is 539.